The van der Waals surface area contributed by atoms with Gasteiger partial charge in [0.25, 0.3) is 0 Å². The van der Waals surface area contributed by atoms with E-state index < -0.39 is 5.97 Å². The zero-order valence-electron chi connectivity index (χ0n) is 8.04. The lowest BCUT2D eigenvalue weighted by Gasteiger charge is -2.12. The Balaban J connectivity index is 1.84. The number of carboxylic acid groups (broad SMARTS) is 1. The zero-order chi connectivity index (χ0) is 9.26. The minimum Gasteiger partial charge on any atom is -0.481 e. The maximum Gasteiger partial charge on any atom is 0.306 e. The van der Waals surface area contributed by atoms with E-state index >= 15 is 0 Å². The molecule has 74 valence electrons. The normalized spacial score (nSPS) is 35.4. The summed E-state index contributed by atoms with van der Waals surface area (Å²) in [6, 6.07) is 0. The molecule has 0 spiro atoms. The fourth-order valence-corrected chi connectivity index (χ4v) is 2.76. The summed E-state index contributed by atoms with van der Waals surface area (Å²) < 4.78 is 0. The molecule has 0 aromatic rings. The predicted molar refractivity (Wildman–Crippen MR) is 50.4 cm³/mol. The second-order valence-corrected chi connectivity index (χ2v) is 4.60. The first-order chi connectivity index (χ1) is 6.29. The smallest absolute Gasteiger partial charge is 0.306 e. The number of carbonyl (C=O) groups is 1. The van der Waals surface area contributed by atoms with Crippen LogP contribution in [0.3, 0.4) is 0 Å². The summed E-state index contributed by atoms with van der Waals surface area (Å²) in [7, 11) is 0. The van der Waals surface area contributed by atoms with Crippen molar-refractivity contribution in [3.05, 3.63) is 0 Å². The molecule has 0 aliphatic heterocycles. The van der Waals surface area contributed by atoms with Gasteiger partial charge in [0.15, 0.2) is 0 Å². The van der Waals surface area contributed by atoms with Gasteiger partial charge < -0.3 is 5.11 Å². The highest BCUT2D eigenvalue weighted by molar-refractivity contribution is 5.73. The summed E-state index contributed by atoms with van der Waals surface area (Å²) >= 11 is 0. The molecular weight excluding hydrogens is 164 g/mol. The average Bonchev–Trinajstić information content (AvgIpc) is 2.89. The Morgan fingerprint density at radius 2 is 1.69 bits per heavy atom. The van der Waals surface area contributed by atoms with Crippen LogP contribution in [0, 0.1) is 17.8 Å². The molecular formula is C11H18O2. The van der Waals surface area contributed by atoms with Gasteiger partial charge in [-0.05, 0) is 18.3 Å². The Hall–Kier alpha value is -0.530. The van der Waals surface area contributed by atoms with E-state index in [4.69, 9.17) is 5.11 Å². The van der Waals surface area contributed by atoms with E-state index in [2.05, 4.69) is 0 Å². The molecule has 0 heterocycles. The molecule has 0 amide bonds. The summed E-state index contributed by atoms with van der Waals surface area (Å²) in [6.45, 7) is 0. The van der Waals surface area contributed by atoms with Gasteiger partial charge in [0.1, 0.15) is 0 Å². The summed E-state index contributed by atoms with van der Waals surface area (Å²) in [6.07, 6.45) is 8.91. The van der Waals surface area contributed by atoms with Crippen molar-refractivity contribution in [1.82, 2.24) is 0 Å². The van der Waals surface area contributed by atoms with E-state index in [0.29, 0.717) is 5.92 Å². The van der Waals surface area contributed by atoms with E-state index in [-0.39, 0.29) is 5.92 Å². The maximum atomic E-state index is 10.7. The quantitative estimate of drug-likeness (QED) is 0.667. The molecule has 0 radical (unpaired) electrons. The molecule has 2 fully saturated rings. The molecule has 2 atom stereocenters. The number of rotatable bonds is 2. The fraction of sp³-hybridized carbons (Fsp3) is 0.909. The van der Waals surface area contributed by atoms with E-state index in [1.54, 1.807) is 0 Å². The Bertz CT molecular complexity index is 192. The van der Waals surface area contributed by atoms with Gasteiger partial charge in [0.2, 0.25) is 0 Å². The highest BCUT2D eigenvalue weighted by atomic mass is 16.4. The third-order valence-corrected chi connectivity index (χ3v) is 3.66. The van der Waals surface area contributed by atoms with Crippen molar-refractivity contribution in [3.8, 4) is 0 Å². The lowest BCUT2D eigenvalue weighted by atomic mass is 9.94. The van der Waals surface area contributed by atoms with Crippen LogP contribution in [0.25, 0.3) is 0 Å². The van der Waals surface area contributed by atoms with Gasteiger partial charge in [-0.25, -0.2) is 0 Å². The third-order valence-electron chi connectivity index (χ3n) is 3.66. The van der Waals surface area contributed by atoms with Gasteiger partial charge in [-0.15, -0.1) is 0 Å². The zero-order valence-corrected chi connectivity index (χ0v) is 8.04. The third kappa shape index (κ3) is 2.04. The van der Waals surface area contributed by atoms with Gasteiger partial charge in [0, 0.05) is 0 Å². The molecule has 2 heteroatoms. The van der Waals surface area contributed by atoms with Gasteiger partial charge in [0.05, 0.1) is 5.92 Å². The maximum absolute atomic E-state index is 10.7. The lowest BCUT2D eigenvalue weighted by Crippen LogP contribution is -2.07. The van der Waals surface area contributed by atoms with Crippen molar-refractivity contribution in [2.45, 2.75) is 44.9 Å². The number of aliphatic carboxylic acids is 1. The van der Waals surface area contributed by atoms with Crippen molar-refractivity contribution in [3.63, 3.8) is 0 Å². The molecule has 2 rings (SSSR count). The van der Waals surface area contributed by atoms with Crippen molar-refractivity contribution >= 4 is 5.97 Å². The molecule has 2 aliphatic rings. The Morgan fingerprint density at radius 3 is 2.15 bits per heavy atom. The second-order valence-electron chi connectivity index (χ2n) is 4.60. The molecule has 1 N–H and O–H groups in total. The van der Waals surface area contributed by atoms with E-state index in [0.717, 1.165) is 12.3 Å². The van der Waals surface area contributed by atoms with Gasteiger partial charge >= 0.3 is 5.97 Å². The summed E-state index contributed by atoms with van der Waals surface area (Å²) in [5.41, 5.74) is 0. The van der Waals surface area contributed by atoms with Gasteiger partial charge in [-0.2, -0.15) is 0 Å². The molecule has 0 saturated heterocycles. The van der Waals surface area contributed by atoms with Crippen LogP contribution < -0.4 is 0 Å². The first kappa shape index (κ1) is 9.04. The highest BCUT2D eigenvalue weighted by Crippen LogP contribution is 2.48. The molecule has 0 aromatic carbocycles. The number of carboxylic acids is 1. The van der Waals surface area contributed by atoms with Crippen LogP contribution in [0.2, 0.25) is 0 Å². The average molecular weight is 182 g/mol. The number of hydrogen-bond acceptors (Lipinski definition) is 1. The van der Waals surface area contributed by atoms with Crippen LogP contribution in [0.5, 0.6) is 0 Å². The van der Waals surface area contributed by atoms with Crippen LogP contribution >= 0.6 is 0 Å². The van der Waals surface area contributed by atoms with Crippen LogP contribution in [0.15, 0.2) is 0 Å². The summed E-state index contributed by atoms with van der Waals surface area (Å²) in [5.74, 6) is 0.733. The first-order valence-electron chi connectivity index (χ1n) is 5.52. The second kappa shape index (κ2) is 3.69. The van der Waals surface area contributed by atoms with Crippen LogP contribution in [0.1, 0.15) is 44.9 Å². The van der Waals surface area contributed by atoms with Crippen LogP contribution in [-0.2, 0) is 4.79 Å². The Labute approximate surface area is 79.3 Å². The molecule has 2 saturated carbocycles. The molecule has 0 aromatic heterocycles. The molecule has 13 heavy (non-hydrogen) atoms. The first-order valence-corrected chi connectivity index (χ1v) is 5.52. The Morgan fingerprint density at radius 1 is 1.08 bits per heavy atom. The Kier molecular flexibility index (Phi) is 2.56. The summed E-state index contributed by atoms with van der Waals surface area (Å²) in [4.78, 5) is 10.7. The minimum absolute atomic E-state index is 0.0168. The van der Waals surface area contributed by atoms with E-state index in [9.17, 15) is 4.79 Å². The topological polar surface area (TPSA) is 37.3 Å². The predicted octanol–water partition coefficient (Wildman–Crippen LogP) is 2.68. The van der Waals surface area contributed by atoms with Gasteiger partial charge in [-0.3, -0.25) is 4.79 Å². The molecule has 0 unspecified atom stereocenters. The van der Waals surface area contributed by atoms with Crippen molar-refractivity contribution < 1.29 is 9.90 Å². The fourth-order valence-electron chi connectivity index (χ4n) is 2.76. The van der Waals surface area contributed by atoms with Gasteiger partial charge in [-0.1, -0.05) is 38.5 Å². The molecule has 0 bridgehead atoms. The molecule has 2 aliphatic carbocycles. The van der Waals surface area contributed by atoms with E-state index in [1.165, 1.54) is 38.5 Å². The van der Waals surface area contributed by atoms with Crippen molar-refractivity contribution in [2.75, 3.05) is 0 Å². The van der Waals surface area contributed by atoms with Crippen LogP contribution in [0.4, 0.5) is 0 Å². The monoisotopic (exact) mass is 182 g/mol. The van der Waals surface area contributed by atoms with Crippen LogP contribution in [-0.4, -0.2) is 11.1 Å². The van der Waals surface area contributed by atoms with Crippen molar-refractivity contribution in [2.24, 2.45) is 17.8 Å². The standard InChI is InChI=1S/C11H18O2/c12-11(13)10-7-9(10)8-5-3-1-2-4-6-8/h8-10H,1-7H2,(H,12,13)/t9-,10+/m0/s1. The van der Waals surface area contributed by atoms with Crippen molar-refractivity contribution in [1.29, 1.82) is 0 Å². The molecule has 2 nitrogen and oxygen atoms in total. The lowest BCUT2D eigenvalue weighted by molar-refractivity contribution is -0.139. The number of hydrogen-bond donors (Lipinski definition) is 1. The highest BCUT2D eigenvalue weighted by Gasteiger charge is 2.47. The largest absolute Gasteiger partial charge is 0.481 e. The van der Waals surface area contributed by atoms with E-state index in [1.807, 2.05) is 0 Å². The minimum atomic E-state index is -0.561. The summed E-state index contributed by atoms with van der Waals surface area (Å²) in [5, 5.41) is 8.82. The SMILES string of the molecule is O=C(O)[C@@H]1C[C@H]1C1CCCCCC1.